The molecular weight excluding hydrogens is 725 g/mol. The minimum absolute atomic E-state index is 1.12. The lowest BCUT2D eigenvalue weighted by Gasteiger charge is -2.31. The first kappa shape index (κ1) is 33.1. The lowest BCUT2D eigenvalue weighted by atomic mass is 9.78. The molecule has 0 unspecified atom stereocenters. The molecule has 278 valence electrons. The normalized spacial score (nSPS) is 12.0. The number of nitrogens with zero attached hydrogens (tertiary/aromatic N) is 2. The predicted octanol–water partition coefficient (Wildman–Crippen LogP) is 16.2. The summed E-state index contributed by atoms with van der Waals surface area (Å²) in [5, 5.41) is 12.5. The van der Waals surface area contributed by atoms with Crippen LogP contribution in [0.15, 0.2) is 218 Å². The van der Waals surface area contributed by atoms with Crippen molar-refractivity contribution in [3.8, 4) is 39.1 Å². The number of rotatable bonds is 5. The highest BCUT2D eigenvalue weighted by molar-refractivity contribution is 6.23. The molecule has 0 N–H and O–H groups in total. The average molecular weight is 761 g/mol. The number of hydrogen-bond acceptors (Lipinski definition) is 1. The minimum atomic E-state index is 1.12. The second kappa shape index (κ2) is 12.8. The summed E-state index contributed by atoms with van der Waals surface area (Å²) in [6.45, 7) is 0. The third kappa shape index (κ3) is 4.82. The van der Waals surface area contributed by atoms with Crippen molar-refractivity contribution in [3.63, 3.8) is 0 Å². The first-order chi connectivity index (χ1) is 29.8. The van der Waals surface area contributed by atoms with Gasteiger partial charge in [-0.1, -0.05) is 146 Å². The average Bonchev–Trinajstić information content (AvgIpc) is 3.65. The number of benzene rings is 11. The maximum atomic E-state index is 2.48. The van der Waals surface area contributed by atoms with Crippen molar-refractivity contribution in [2.75, 3.05) is 4.90 Å². The van der Waals surface area contributed by atoms with Crippen molar-refractivity contribution in [2.45, 2.75) is 0 Å². The maximum Gasteiger partial charge on any atom is 0.0624 e. The van der Waals surface area contributed by atoms with E-state index in [0.717, 1.165) is 11.4 Å². The van der Waals surface area contributed by atoms with Crippen molar-refractivity contribution >= 4 is 82.0 Å². The van der Waals surface area contributed by atoms with Crippen LogP contribution in [0.2, 0.25) is 0 Å². The smallest absolute Gasteiger partial charge is 0.0624 e. The van der Waals surface area contributed by atoms with Crippen LogP contribution in [-0.4, -0.2) is 4.57 Å². The second-order valence-corrected chi connectivity index (χ2v) is 16.1. The Morgan fingerprint density at radius 3 is 1.40 bits per heavy atom. The monoisotopic (exact) mass is 760 g/mol. The summed E-state index contributed by atoms with van der Waals surface area (Å²) >= 11 is 0. The van der Waals surface area contributed by atoms with E-state index in [1.807, 2.05) is 0 Å². The van der Waals surface area contributed by atoms with Crippen molar-refractivity contribution < 1.29 is 0 Å². The molecule has 13 rings (SSSR count). The highest BCUT2D eigenvalue weighted by atomic mass is 15.1. The summed E-state index contributed by atoms with van der Waals surface area (Å²) in [5.41, 5.74) is 14.8. The molecule has 1 aliphatic rings. The Labute approximate surface area is 347 Å². The topological polar surface area (TPSA) is 8.17 Å². The van der Waals surface area contributed by atoms with Crippen LogP contribution in [0.5, 0.6) is 0 Å². The first-order valence-electron chi connectivity index (χ1n) is 20.8. The van der Waals surface area contributed by atoms with Gasteiger partial charge >= 0.3 is 0 Å². The van der Waals surface area contributed by atoms with Gasteiger partial charge in [-0.05, 0) is 138 Å². The van der Waals surface area contributed by atoms with Gasteiger partial charge in [-0.25, -0.2) is 0 Å². The van der Waals surface area contributed by atoms with E-state index in [4.69, 9.17) is 0 Å². The summed E-state index contributed by atoms with van der Waals surface area (Å²) < 4.78 is 2.41. The Balaban J connectivity index is 0.972. The Kier molecular flexibility index (Phi) is 7.05. The van der Waals surface area contributed by atoms with E-state index in [2.05, 4.69) is 228 Å². The second-order valence-electron chi connectivity index (χ2n) is 16.1. The van der Waals surface area contributed by atoms with Gasteiger partial charge in [0.1, 0.15) is 0 Å². The largest absolute Gasteiger partial charge is 0.309 e. The third-order valence-corrected chi connectivity index (χ3v) is 12.8. The van der Waals surface area contributed by atoms with E-state index >= 15 is 0 Å². The van der Waals surface area contributed by atoms with Crippen molar-refractivity contribution in [3.05, 3.63) is 218 Å². The molecule has 12 aromatic rings. The van der Waals surface area contributed by atoms with E-state index in [9.17, 15) is 0 Å². The zero-order chi connectivity index (χ0) is 39.3. The Hall–Kier alpha value is -7.94. The highest BCUT2D eigenvalue weighted by Gasteiger charge is 2.26. The van der Waals surface area contributed by atoms with Gasteiger partial charge in [0, 0.05) is 38.8 Å². The first-order valence-corrected chi connectivity index (χ1v) is 20.8. The van der Waals surface area contributed by atoms with Gasteiger partial charge in [0.2, 0.25) is 0 Å². The fourth-order valence-electron chi connectivity index (χ4n) is 10.1. The van der Waals surface area contributed by atoms with Crippen molar-refractivity contribution in [1.29, 1.82) is 0 Å². The van der Waals surface area contributed by atoms with E-state index < -0.39 is 0 Å². The number of para-hydroxylation sites is 3. The standard InChI is InChI=1S/C58H36N2/c1-3-15-37(16-4-1)57-49-23-9-7-19-45(49)46-20-8-10-24-50(46)58(57)59(42-17-5-2-6-18-42)43-29-27-38-33-51-53(35-40(38)31-43)52-34-39-28-30-44(32-41(39)36-54(51)52)60-55-25-13-11-21-47(55)48-22-12-14-26-56(48)60/h1-36H. The van der Waals surface area contributed by atoms with Gasteiger partial charge < -0.3 is 9.47 Å². The summed E-state index contributed by atoms with van der Waals surface area (Å²) in [6.07, 6.45) is 0. The van der Waals surface area contributed by atoms with Crippen LogP contribution in [0.1, 0.15) is 0 Å². The van der Waals surface area contributed by atoms with Gasteiger partial charge in [0.25, 0.3) is 0 Å². The SMILES string of the molecule is c1ccc(-c2c(N(c3ccccc3)c3ccc4cc5c(cc4c3)-c3cc4ccc(-n6c7ccccc7c7ccccc76)cc4cc3-5)c3ccccc3c3ccccc23)cc1. The van der Waals surface area contributed by atoms with Crippen LogP contribution in [0.4, 0.5) is 17.1 Å². The van der Waals surface area contributed by atoms with Crippen LogP contribution in [0.3, 0.4) is 0 Å². The molecule has 1 heterocycles. The quantitative estimate of drug-likeness (QED) is 0.159. The van der Waals surface area contributed by atoms with Gasteiger partial charge in [-0.3, -0.25) is 0 Å². The van der Waals surface area contributed by atoms with E-state index in [0.29, 0.717) is 0 Å². The predicted molar refractivity (Wildman–Crippen MR) is 255 cm³/mol. The fraction of sp³-hybridized carbons (Fsp3) is 0. The Morgan fingerprint density at radius 2 is 0.767 bits per heavy atom. The molecule has 0 bridgehead atoms. The lowest BCUT2D eigenvalue weighted by molar-refractivity contribution is 1.19. The van der Waals surface area contributed by atoms with E-state index in [-0.39, 0.29) is 0 Å². The molecular formula is C58H36N2. The molecule has 0 saturated heterocycles. The summed E-state index contributed by atoms with van der Waals surface area (Å²) in [5.74, 6) is 0. The zero-order valence-electron chi connectivity index (χ0n) is 32.7. The number of fused-ring (bicyclic) bond motifs is 12. The highest BCUT2D eigenvalue weighted by Crippen LogP contribution is 2.53. The molecule has 0 atom stereocenters. The molecule has 1 aliphatic carbocycles. The molecule has 60 heavy (non-hydrogen) atoms. The van der Waals surface area contributed by atoms with Gasteiger partial charge in [-0.2, -0.15) is 0 Å². The molecule has 0 fully saturated rings. The number of aromatic nitrogens is 1. The van der Waals surface area contributed by atoms with Crippen LogP contribution in [-0.2, 0) is 0 Å². The molecule has 11 aromatic carbocycles. The molecule has 0 spiro atoms. The number of anilines is 3. The number of hydrogen-bond donors (Lipinski definition) is 0. The minimum Gasteiger partial charge on any atom is -0.309 e. The molecule has 0 saturated carbocycles. The van der Waals surface area contributed by atoms with E-state index in [1.165, 1.54) is 110 Å². The molecule has 1 aromatic heterocycles. The summed E-state index contributed by atoms with van der Waals surface area (Å²) in [4.78, 5) is 2.48. The van der Waals surface area contributed by atoms with Crippen molar-refractivity contribution in [1.82, 2.24) is 4.57 Å². The van der Waals surface area contributed by atoms with Crippen LogP contribution >= 0.6 is 0 Å². The van der Waals surface area contributed by atoms with Crippen LogP contribution in [0, 0.1) is 0 Å². The lowest BCUT2D eigenvalue weighted by Crippen LogP contribution is -2.12. The summed E-state index contributed by atoms with van der Waals surface area (Å²) in [6, 6.07) is 80.5. The van der Waals surface area contributed by atoms with Gasteiger partial charge in [0.15, 0.2) is 0 Å². The Morgan fingerprint density at radius 1 is 0.300 bits per heavy atom. The Bertz CT molecular complexity index is 3660. The zero-order valence-corrected chi connectivity index (χ0v) is 32.7. The fourth-order valence-corrected chi connectivity index (χ4v) is 10.1. The van der Waals surface area contributed by atoms with Crippen LogP contribution in [0.25, 0.3) is 104 Å². The van der Waals surface area contributed by atoms with Crippen LogP contribution < -0.4 is 4.90 Å². The molecule has 2 heteroatoms. The van der Waals surface area contributed by atoms with Gasteiger partial charge in [-0.15, -0.1) is 0 Å². The van der Waals surface area contributed by atoms with Crippen molar-refractivity contribution in [2.24, 2.45) is 0 Å². The molecule has 0 radical (unpaired) electrons. The third-order valence-electron chi connectivity index (χ3n) is 12.8. The molecule has 0 aliphatic heterocycles. The summed E-state index contributed by atoms with van der Waals surface area (Å²) in [7, 11) is 0. The van der Waals surface area contributed by atoms with Gasteiger partial charge in [0.05, 0.1) is 16.7 Å². The maximum absolute atomic E-state index is 2.48. The van der Waals surface area contributed by atoms with E-state index in [1.54, 1.807) is 0 Å². The molecule has 2 nitrogen and oxygen atoms in total. The molecule has 0 amide bonds.